The fourth-order valence-electron chi connectivity index (χ4n) is 3.58. The van der Waals surface area contributed by atoms with E-state index in [1.54, 1.807) is 0 Å². The molecular formula is C20H19NO4. The van der Waals surface area contributed by atoms with Crippen molar-refractivity contribution in [1.29, 1.82) is 0 Å². The van der Waals surface area contributed by atoms with Crippen LogP contribution in [0.25, 0.3) is 11.1 Å². The second-order valence-electron chi connectivity index (χ2n) is 6.62. The summed E-state index contributed by atoms with van der Waals surface area (Å²) in [7, 11) is 0. The highest BCUT2D eigenvalue weighted by atomic mass is 16.5. The maximum Gasteiger partial charge on any atom is 0.407 e. The van der Waals surface area contributed by atoms with E-state index in [4.69, 9.17) is 4.74 Å². The molecular weight excluding hydrogens is 318 g/mol. The number of benzene rings is 2. The average molecular weight is 337 g/mol. The van der Waals surface area contributed by atoms with Gasteiger partial charge in [0, 0.05) is 5.92 Å². The minimum atomic E-state index is -1.00. The zero-order valence-electron chi connectivity index (χ0n) is 13.6. The summed E-state index contributed by atoms with van der Waals surface area (Å²) < 4.78 is 5.38. The van der Waals surface area contributed by atoms with Gasteiger partial charge in [0.25, 0.3) is 0 Å². The van der Waals surface area contributed by atoms with Crippen molar-refractivity contribution in [3.63, 3.8) is 0 Å². The van der Waals surface area contributed by atoms with Crippen LogP contribution in [0.15, 0.2) is 48.5 Å². The van der Waals surface area contributed by atoms with E-state index < -0.39 is 18.1 Å². The highest BCUT2D eigenvalue weighted by Crippen LogP contribution is 2.44. The number of carboxylic acids is 1. The number of fused-ring (bicyclic) bond motifs is 3. The van der Waals surface area contributed by atoms with E-state index in [9.17, 15) is 14.7 Å². The van der Waals surface area contributed by atoms with Gasteiger partial charge in [0.1, 0.15) is 12.6 Å². The van der Waals surface area contributed by atoms with Crippen molar-refractivity contribution in [2.24, 2.45) is 5.92 Å². The molecule has 2 N–H and O–H groups in total. The summed E-state index contributed by atoms with van der Waals surface area (Å²) in [5.41, 5.74) is 4.59. The van der Waals surface area contributed by atoms with Crippen LogP contribution >= 0.6 is 0 Å². The molecule has 0 heterocycles. The van der Waals surface area contributed by atoms with Crippen molar-refractivity contribution in [3.05, 3.63) is 59.7 Å². The number of rotatable bonds is 5. The van der Waals surface area contributed by atoms with E-state index in [-0.39, 0.29) is 18.4 Å². The number of alkyl carbamates (subject to hydrolysis) is 1. The second-order valence-corrected chi connectivity index (χ2v) is 6.62. The lowest BCUT2D eigenvalue weighted by molar-refractivity contribution is -0.139. The van der Waals surface area contributed by atoms with Gasteiger partial charge in [-0.15, -0.1) is 0 Å². The summed E-state index contributed by atoms with van der Waals surface area (Å²) in [6.07, 6.45) is 1.00. The molecule has 0 radical (unpaired) electrons. The van der Waals surface area contributed by atoms with E-state index in [1.807, 2.05) is 36.4 Å². The van der Waals surface area contributed by atoms with Gasteiger partial charge in [0.05, 0.1) is 0 Å². The third kappa shape index (κ3) is 2.97. The van der Waals surface area contributed by atoms with Gasteiger partial charge >= 0.3 is 12.1 Å². The summed E-state index contributed by atoms with van der Waals surface area (Å²) in [5.74, 6) is -1.00. The number of amides is 1. The van der Waals surface area contributed by atoms with Crippen molar-refractivity contribution >= 4 is 12.1 Å². The highest BCUT2D eigenvalue weighted by Gasteiger charge is 2.38. The minimum absolute atomic E-state index is 0.0256. The summed E-state index contributed by atoms with van der Waals surface area (Å²) in [6, 6.07) is 15.3. The van der Waals surface area contributed by atoms with Crippen LogP contribution in [0.1, 0.15) is 29.9 Å². The molecule has 128 valence electrons. The summed E-state index contributed by atoms with van der Waals surface area (Å²) in [4.78, 5) is 23.3. The summed E-state index contributed by atoms with van der Waals surface area (Å²) in [5, 5.41) is 11.7. The fraction of sp³-hybridized carbons (Fsp3) is 0.300. The highest BCUT2D eigenvalue weighted by molar-refractivity contribution is 5.81. The van der Waals surface area contributed by atoms with E-state index in [1.165, 1.54) is 0 Å². The smallest absolute Gasteiger partial charge is 0.407 e. The Morgan fingerprint density at radius 3 is 2.12 bits per heavy atom. The number of hydrogen-bond acceptors (Lipinski definition) is 3. The van der Waals surface area contributed by atoms with E-state index in [2.05, 4.69) is 17.4 Å². The molecule has 2 aromatic carbocycles. The van der Waals surface area contributed by atoms with Crippen LogP contribution in [0.5, 0.6) is 0 Å². The number of carbonyl (C=O) groups excluding carboxylic acids is 1. The lowest BCUT2D eigenvalue weighted by atomic mass is 9.98. The molecule has 0 unspecified atom stereocenters. The van der Waals surface area contributed by atoms with Crippen LogP contribution in [-0.2, 0) is 9.53 Å². The van der Waals surface area contributed by atoms with Gasteiger partial charge in [-0.25, -0.2) is 9.59 Å². The third-order valence-corrected chi connectivity index (χ3v) is 4.98. The average Bonchev–Trinajstić information content (AvgIpc) is 3.40. The first-order valence-electron chi connectivity index (χ1n) is 8.49. The molecule has 1 saturated carbocycles. The number of ether oxygens (including phenoxy) is 1. The third-order valence-electron chi connectivity index (χ3n) is 4.98. The Bertz CT molecular complexity index is 782. The quantitative estimate of drug-likeness (QED) is 0.877. The van der Waals surface area contributed by atoms with Gasteiger partial charge in [-0.2, -0.15) is 0 Å². The topological polar surface area (TPSA) is 75.6 Å². The molecule has 5 nitrogen and oxygen atoms in total. The van der Waals surface area contributed by atoms with Crippen molar-refractivity contribution < 1.29 is 19.4 Å². The van der Waals surface area contributed by atoms with Gasteiger partial charge in [0.2, 0.25) is 0 Å². The second kappa shape index (κ2) is 6.24. The molecule has 5 heteroatoms. The SMILES string of the molecule is O=C(N[C@H](C(=O)O)C1CC1)OCC1c2ccccc2-c2ccccc21. The lowest BCUT2D eigenvalue weighted by Gasteiger charge is -2.17. The Morgan fingerprint density at radius 2 is 1.60 bits per heavy atom. The summed E-state index contributed by atoms with van der Waals surface area (Å²) in [6.45, 7) is 0.191. The van der Waals surface area contributed by atoms with Gasteiger partial charge in [-0.05, 0) is 41.0 Å². The van der Waals surface area contributed by atoms with Crippen LogP contribution in [0.2, 0.25) is 0 Å². The largest absolute Gasteiger partial charge is 0.480 e. The van der Waals surface area contributed by atoms with E-state index in [0.29, 0.717) is 0 Å². The van der Waals surface area contributed by atoms with Gasteiger partial charge in [-0.1, -0.05) is 48.5 Å². The van der Waals surface area contributed by atoms with Crippen molar-refractivity contribution in [2.45, 2.75) is 24.8 Å². The Morgan fingerprint density at radius 1 is 1.04 bits per heavy atom. The number of nitrogens with one attached hydrogen (secondary N) is 1. The Kier molecular flexibility index (Phi) is 3.92. The van der Waals surface area contributed by atoms with Crippen LogP contribution in [0.4, 0.5) is 4.79 Å². The van der Waals surface area contributed by atoms with Gasteiger partial charge < -0.3 is 15.2 Å². The Balaban J connectivity index is 1.47. The van der Waals surface area contributed by atoms with Crippen molar-refractivity contribution in [3.8, 4) is 11.1 Å². The van der Waals surface area contributed by atoms with Crippen LogP contribution in [0.3, 0.4) is 0 Å². The molecule has 1 atom stereocenters. The number of carboxylic acid groups (broad SMARTS) is 1. The standard InChI is InChI=1S/C20H19NO4/c22-19(23)18(12-9-10-12)21-20(24)25-11-17-15-7-3-1-5-13(15)14-6-2-4-8-16(14)17/h1-8,12,17-18H,9-11H2,(H,21,24)(H,22,23)/t18-/m0/s1. The maximum absolute atomic E-state index is 12.1. The number of carbonyl (C=O) groups is 2. The number of aliphatic carboxylic acids is 1. The van der Waals surface area contributed by atoms with E-state index in [0.717, 1.165) is 35.1 Å². The first kappa shape index (κ1) is 15.7. The van der Waals surface area contributed by atoms with Crippen LogP contribution in [-0.4, -0.2) is 29.8 Å². The summed E-state index contributed by atoms with van der Waals surface area (Å²) >= 11 is 0. The molecule has 2 aliphatic rings. The first-order valence-corrected chi connectivity index (χ1v) is 8.49. The molecule has 2 aromatic rings. The van der Waals surface area contributed by atoms with Gasteiger partial charge in [-0.3, -0.25) is 0 Å². The molecule has 4 rings (SSSR count). The monoisotopic (exact) mass is 337 g/mol. The predicted molar refractivity (Wildman–Crippen MR) is 92.4 cm³/mol. The number of hydrogen-bond donors (Lipinski definition) is 2. The lowest BCUT2D eigenvalue weighted by Crippen LogP contribution is -2.42. The van der Waals surface area contributed by atoms with Gasteiger partial charge in [0.15, 0.2) is 0 Å². The molecule has 1 fully saturated rings. The van der Waals surface area contributed by atoms with Crippen molar-refractivity contribution in [1.82, 2.24) is 5.32 Å². The first-order chi connectivity index (χ1) is 12.1. The molecule has 1 amide bonds. The molecule has 2 aliphatic carbocycles. The molecule has 25 heavy (non-hydrogen) atoms. The minimum Gasteiger partial charge on any atom is -0.480 e. The molecule has 0 spiro atoms. The maximum atomic E-state index is 12.1. The molecule has 0 aromatic heterocycles. The molecule has 0 bridgehead atoms. The fourth-order valence-corrected chi connectivity index (χ4v) is 3.58. The molecule has 0 aliphatic heterocycles. The zero-order valence-corrected chi connectivity index (χ0v) is 13.6. The Hall–Kier alpha value is -2.82. The predicted octanol–water partition coefficient (Wildman–Crippen LogP) is 3.39. The molecule has 0 saturated heterocycles. The Labute approximate surface area is 145 Å². The van der Waals surface area contributed by atoms with E-state index >= 15 is 0 Å². The normalized spacial score (nSPS) is 16.6. The van der Waals surface area contributed by atoms with Crippen LogP contribution < -0.4 is 5.32 Å². The van der Waals surface area contributed by atoms with Crippen molar-refractivity contribution in [2.75, 3.05) is 6.61 Å². The van der Waals surface area contributed by atoms with Crippen LogP contribution in [0, 0.1) is 5.92 Å². The zero-order chi connectivity index (χ0) is 17.4.